The molecule has 0 amide bonds. The monoisotopic (exact) mass is 724 g/mol. The van der Waals surface area contributed by atoms with E-state index < -0.39 is 5.41 Å². The van der Waals surface area contributed by atoms with E-state index in [-0.39, 0.29) is 6.04 Å². The highest BCUT2D eigenvalue weighted by molar-refractivity contribution is 6.11. The molecule has 57 heavy (non-hydrogen) atoms. The molecule has 1 spiro atoms. The zero-order valence-electron chi connectivity index (χ0n) is 30.7. The van der Waals surface area contributed by atoms with E-state index in [1.165, 1.54) is 60.8 Å². The van der Waals surface area contributed by atoms with Crippen LogP contribution in [-0.4, -0.2) is 11.0 Å². The first-order valence-corrected chi connectivity index (χ1v) is 19.2. The van der Waals surface area contributed by atoms with Gasteiger partial charge >= 0.3 is 0 Å². The van der Waals surface area contributed by atoms with Gasteiger partial charge in [-0.25, -0.2) is 4.98 Å². The van der Waals surface area contributed by atoms with Crippen LogP contribution in [0, 0.1) is 22.7 Å². The summed E-state index contributed by atoms with van der Waals surface area (Å²) in [7, 11) is 0. The number of allylic oxidation sites excluding steroid dienone is 2. The molecule has 7 aromatic carbocycles. The van der Waals surface area contributed by atoms with Gasteiger partial charge < -0.3 is 5.32 Å². The summed E-state index contributed by atoms with van der Waals surface area (Å²) in [5.41, 5.74) is 18.7. The Morgan fingerprint density at radius 3 is 1.91 bits per heavy atom. The highest BCUT2D eigenvalue weighted by Gasteiger charge is 2.52. The Hall–Kier alpha value is -7.79. The van der Waals surface area contributed by atoms with Crippen LogP contribution >= 0.6 is 0 Å². The molecule has 11 rings (SSSR count). The first-order valence-electron chi connectivity index (χ1n) is 19.2. The maximum atomic E-state index is 9.61. The third-order valence-corrected chi connectivity index (χ3v) is 12.0. The Morgan fingerprint density at radius 1 is 0.509 bits per heavy atom. The van der Waals surface area contributed by atoms with E-state index in [4.69, 9.17) is 0 Å². The lowest BCUT2D eigenvalue weighted by molar-refractivity contribution is 0.795. The molecule has 1 N–H and O–H groups in total. The van der Waals surface area contributed by atoms with E-state index in [0.717, 1.165) is 39.0 Å². The van der Waals surface area contributed by atoms with Crippen molar-refractivity contribution in [3.05, 3.63) is 216 Å². The molecule has 0 bridgehead atoms. The van der Waals surface area contributed by atoms with E-state index in [1.807, 2.05) is 30.5 Å². The van der Waals surface area contributed by atoms with Crippen LogP contribution in [0.5, 0.6) is 0 Å². The van der Waals surface area contributed by atoms with Gasteiger partial charge in [-0.1, -0.05) is 121 Å². The number of rotatable bonds is 4. The number of aromatic nitrogens is 1. The van der Waals surface area contributed by atoms with Gasteiger partial charge in [0.1, 0.15) is 17.8 Å². The zero-order valence-corrected chi connectivity index (χ0v) is 30.7. The Balaban J connectivity index is 1.18. The molecule has 0 saturated heterocycles. The topological polar surface area (TPSA) is 72.5 Å². The van der Waals surface area contributed by atoms with Gasteiger partial charge in [0.15, 0.2) is 0 Å². The molecule has 4 heteroatoms. The number of dihydropyridines is 1. The number of hydrogen-bond donors (Lipinski definition) is 1. The molecule has 2 heterocycles. The third kappa shape index (κ3) is 4.82. The van der Waals surface area contributed by atoms with E-state index in [9.17, 15) is 10.5 Å². The van der Waals surface area contributed by atoms with Gasteiger partial charge in [-0.2, -0.15) is 10.5 Å². The van der Waals surface area contributed by atoms with Crippen molar-refractivity contribution in [1.29, 1.82) is 10.5 Å². The van der Waals surface area contributed by atoms with Crippen LogP contribution in [-0.2, 0) is 5.41 Å². The SMILES string of the molecule is N#Cc1cc(-c2cccc(-c3cc4c(c5ccccc35)-c3ccc(-c5cccc(C6=CC(C#N)NC=C6)c5)cc3C43c4ccccc4-c4ccccc43)c2)ccn1. The summed E-state index contributed by atoms with van der Waals surface area (Å²) in [5, 5.41) is 24.7. The fourth-order valence-corrected chi connectivity index (χ4v) is 9.62. The lowest BCUT2D eigenvalue weighted by Gasteiger charge is -2.31. The standard InChI is InChI=1S/C53H32N4/c54-31-40-27-37(21-23-56-40)34-10-7-9-33(25-34)36-19-20-46-50(29-36)53(48-17-5-3-14-43(48)44-15-4-6-18-49(44)53)51-30-47(42-13-1-2-16-45(42)52(46)51)39-12-8-11-35(26-39)38-22-24-57-41(28-38)32-55/h1-30,40,56H. The lowest BCUT2D eigenvalue weighted by Crippen LogP contribution is -2.26. The van der Waals surface area contributed by atoms with Crippen molar-refractivity contribution in [2.24, 2.45) is 0 Å². The molecule has 1 aliphatic heterocycles. The van der Waals surface area contributed by atoms with Crippen molar-refractivity contribution in [1.82, 2.24) is 10.3 Å². The van der Waals surface area contributed by atoms with Crippen LogP contribution in [0.15, 0.2) is 182 Å². The van der Waals surface area contributed by atoms with Crippen LogP contribution in [0.4, 0.5) is 0 Å². The Morgan fingerprint density at radius 2 is 1.16 bits per heavy atom. The van der Waals surface area contributed by atoms with E-state index in [2.05, 4.69) is 168 Å². The second kappa shape index (κ2) is 12.6. The van der Waals surface area contributed by atoms with Gasteiger partial charge in [-0.05, 0) is 155 Å². The fourth-order valence-electron chi connectivity index (χ4n) is 9.62. The van der Waals surface area contributed by atoms with E-state index in [0.29, 0.717) is 5.69 Å². The van der Waals surface area contributed by atoms with Gasteiger partial charge in [0, 0.05) is 6.20 Å². The quantitative estimate of drug-likeness (QED) is 0.196. The maximum Gasteiger partial charge on any atom is 0.141 e. The Bertz CT molecular complexity index is 3110. The Kier molecular flexibility index (Phi) is 7.23. The summed E-state index contributed by atoms with van der Waals surface area (Å²) in [6.45, 7) is 0. The first kappa shape index (κ1) is 32.6. The molecule has 0 saturated carbocycles. The third-order valence-electron chi connectivity index (χ3n) is 12.0. The summed E-state index contributed by atoms with van der Waals surface area (Å²) in [6.07, 6.45) is 7.59. The van der Waals surface area contributed by atoms with Crippen molar-refractivity contribution >= 4 is 16.3 Å². The van der Waals surface area contributed by atoms with Gasteiger partial charge in [-0.3, -0.25) is 0 Å². The summed E-state index contributed by atoms with van der Waals surface area (Å²) in [4.78, 5) is 4.22. The second-order valence-electron chi connectivity index (χ2n) is 14.9. The second-order valence-corrected chi connectivity index (χ2v) is 14.9. The molecule has 1 atom stereocenters. The van der Waals surface area contributed by atoms with Crippen molar-refractivity contribution in [2.45, 2.75) is 11.5 Å². The molecule has 2 aliphatic carbocycles. The van der Waals surface area contributed by atoms with Gasteiger partial charge in [-0.15, -0.1) is 0 Å². The highest BCUT2D eigenvalue weighted by Crippen LogP contribution is 2.64. The van der Waals surface area contributed by atoms with Gasteiger partial charge in [0.25, 0.3) is 0 Å². The minimum atomic E-state index is -0.561. The van der Waals surface area contributed by atoms with Crippen LogP contribution in [0.25, 0.3) is 72.0 Å². The van der Waals surface area contributed by atoms with Crippen molar-refractivity contribution in [2.75, 3.05) is 0 Å². The van der Waals surface area contributed by atoms with Crippen LogP contribution < -0.4 is 5.32 Å². The minimum Gasteiger partial charge on any atom is -0.373 e. The van der Waals surface area contributed by atoms with Crippen LogP contribution in [0.1, 0.15) is 33.5 Å². The number of nitrogens with one attached hydrogen (secondary N) is 1. The number of fused-ring (bicyclic) bond motifs is 12. The maximum absolute atomic E-state index is 9.61. The number of benzene rings is 7. The zero-order chi connectivity index (χ0) is 38.1. The molecule has 1 aromatic heterocycles. The van der Waals surface area contributed by atoms with E-state index in [1.54, 1.807) is 6.20 Å². The van der Waals surface area contributed by atoms with Gasteiger partial charge in [0.2, 0.25) is 0 Å². The molecule has 0 radical (unpaired) electrons. The highest BCUT2D eigenvalue weighted by atomic mass is 14.9. The molecular formula is C53H32N4. The molecule has 1 unspecified atom stereocenters. The largest absolute Gasteiger partial charge is 0.373 e. The Labute approximate surface area is 331 Å². The minimum absolute atomic E-state index is 0.358. The number of nitriles is 2. The summed E-state index contributed by atoms with van der Waals surface area (Å²) in [5.74, 6) is 0. The average molecular weight is 725 g/mol. The molecule has 8 aromatic rings. The number of nitrogens with zero attached hydrogens (tertiary/aromatic N) is 3. The predicted molar refractivity (Wildman–Crippen MR) is 229 cm³/mol. The molecular weight excluding hydrogens is 693 g/mol. The summed E-state index contributed by atoms with van der Waals surface area (Å²) >= 11 is 0. The fraction of sp³-hybridized carbons (Fsp3) is 0.0377. The molecule has 0 fully saturated rings. The summed E-state index contributed by atoms with van der Waals surface area (Å²) < 4.78 is 0. The van der Waals surface area contributed by atoms with Gasteiger partial charge in [0.05, 0.1) is 11.5 Å². The van der Waals surface area contributed by atoms with Crippen LogP contribution in [0.2, 0.25) is 0 Å². The average Bonchev–Trinajstić information content (AvgIpc) is 3.76. The molecule has 264 valence electrons. The van der Waals surface area contributed by atoms with Crippen molar-refractivity contribution in [3.8, 4) is 67.8 Å². The number of pyridine rings is 1. The lowest BCUT2D eigenvalue weighted by atomic mass is 9.69. The smallest absolute Gasteiger partial charge is 0.141 e. The summed E-state index contributed by atoms with van der Waals surface area (Å²) in [6, 6.07) is 61.5. The predicted octanol–water partition coefficient (Wildman–Crippen LogP) is 11.8. The normalized spacial score (nSPS) is 15.1. The molecule has 3 aliphatic rings. The molecule has 4 nitrogen and oxygen atoms in total. The van der Waals surface area contributed by atoms with E-state index >= 15 is 0 Å². The number of hydrogen-bond acceptors (Lipinski definition) is 4. The first-order chi connectivity index (χ1) is 28.1. The van der Waals surface area contributed by atoms with Crippen molar-refractivity contribution in [3.63, 3.8) is 0 Å². The van der Waals surface area contributed by atoms with Crippen LogP contribution in [0.3, 0.4) is 0 Å². The van der Waals surface area contributed by atoms with Crippen molar-refractivity contribution < 1.29 is 0 Å².